The van der Waals surface area contributed by atoms with Crippen LogP contribution >= 0.6 is 0 Å². The summed E-state index contributed by atoms with van der Waals surface area (Å²) in [7, 11) is 0. The first-order chi connectivity index (χ1) is 8.08. The van der Waals surface area contributed by atoms with Gasteiger partial charge in [0.2, 0.25) is 0 Å². The zero-order valence-corrected chi connectivity index (χ0v) is 10.4. The number of likely N-dealkylation sites (tertiary alicyclic amines) is 1. The van der Waals surface area contributed by atoms with Crippen LogP contribution in [0.1, 0.15) is 30.5 Å². The van der Waals surface area contributed by atoms with E-state index in [2.05, 4.69) is 43.0 Å². The molecule has 92 valence electrons. The van der Waals surface area contributed by atoms with Crippen LogP contribution in [0.5, 0.6) is 0 Å². The predicted octanol–water partition coefficient (Wildman–Crippen LogP) is 2.46. The van der Waals surface area contributed by atoms with Gasteiger partial charge in [-0.3, -0.25) is 9.69 Å². The molecule has 1 aromatic carbocycles. The van der Waals surface area contributed by atoms with E-state index in [1.54, 1.807) is 0 Å². The van der Waals surface area contributed by atoms with Crippen molar-refractivity contribution in [3.05, 3.63) is 35.4 Å². The van der Waals surface area contributed by atoms with E-state index in [4.69, 9.17) is 5.11 Å². The van der Waals surface area contributed by atoms with Gasteiger partial charge in [0.15, 0.2) is 0 Å². The van der Waals surface area contributed by atoms with Crippen molar-refractivity contribution in [1.29, 1.82) is 0 Å². The Bertz CT molecular complexity index is 399. The maximum atomic E-state index is 10.9. The van der Waals surface area contributed by atoms with E-state index in [0.717, 1.165) is 13.0 Å². The summed E-state index contributed by atoms with van der Waals surface area (Å²) < 4.78 is 0. The molecule has 3 nitrogen and oxygen atoms in total. The van der Waals surface area contributed by atoms with E-state index in [-0.39, 0.29) is 5.92 Å². The molecule has 2 unspecified atom stereocenters. The normalized spacial score (nSPS) is 22.6. The molecule has 17 heavy (non-hydrogen) atoms. The Hall–Kier alpha value is -1.35. The zero-order chi connectivity index (χ0) is 12.4. The number of aliphatic carboxylic acids is 1. The molecule has 0 aromatic heterocycles. The van der Waals surface area contributed by atoms with Crippen molar-refractivity contribution in [3.8, 4) is 0 Å². The highest BCUT2D eigenvalue weighted by Gasteiger charge is 2.30. The molecule has 0 aliphatic carbocycles. The second-order valence-corrected chi connectivity index (χ2v) is 4.91. The van der Waals surface area contributed by atoms with Gasteiger partial charge in [-0.25, -0.2) is 0 Å². The average Bonchev–Trinajstić information content (AvgIpc) is 2.78. The summed E-state index contributed by atoms with van der Waals surface area (Å²) >= 11 is 0. The molecule has 1 aromatic rings. The number of carboxylic acid groups (broad SMARTS) is 1. The smallest absolute Gasteiger partial charge is 0.307 e. The fraction of sp³-hybridized carbons (Fsp3) is 0.500. The van der Waals surface area contributed by atoms with Gasteiger partial charge in [-0.15, -0.1) is 0 Å². The first-order valence-corrected chi connectivity index (χ1v) is 6.11. The Kier molecular flexibility index (Phi) is 3.48. The van der Waals surface area contributed by atoms with E-state index < -0.39 is 5.97 Å². The quantitative estimate of drug-likeness (QED) is 0.871. The minimum Gasteiger partial charge on any atom is -0.481 e. The van der Waals surface area contributed by atoms with Crippen LogP contribution in [0.2, 0.25) is 0 Å². The van der Waals surface area contributed by atoms with Gasteiger partial charge in [-0.2, -0.15) is 0 Å². The molecule has 1 aliphatic rings. The number of benzene rings is 1. The van der Waals surface area contributed by atoms with Gasteiger partial charge < -0.3 is 5.11 Å². The fourth-order valence-corrected chi connectivity index (χ4v) is 2.40. The highest BCUT2D eigenvalue weighted by atomic mass is 16.4. The molecule has 2 rings (SSSR count). The Morgan fingerprint density at radius 3 is 2.59 bits per heavy atom. The minimum atomic E-state index is -0.663. The topological polar surface area (TPSA) is 40.5 Å². The number of aryl methyl sites for hydroxylation is 1. The summed E-state index contributed by atoms with van der Waals surface area (Å²) in [5.74, 6) is -0.855. The molecular weight excluding hydrogens is 214 g/mol. The largest absolute Gasteiger partial charge is 0.481 e. The van der Waals surface area contributed by atoms with Crippen LogP contribution in [0.25, 0.3) is 0 Å². The molecule has 0 amide bonds. The third kappa shape index (κ3) is 2.67. The lowest BCUT2D eigenvalue weighted by atomic mass is 10.1. The Morgan fingerprint density at radius 2 is 2.06 bits per heavy atom. The lowest BCUT2D eigenvalue weighted by Gasteiger charge is -2.24. The van der Waals surface area contributed by atoms with Crippen LogP contribution in [0, 0.1) is 12.8 Å². The van der Waals surface area contributed by atoms with E-state index in [0.29, 0.717) is 12.6 Å². The molecular formula is C14H19NO2. The van der Waals surface area contributed by atoms with Crippen molar-refractivity contribution < 1.29 is 9.90 Å². The summed E-state index contributed by atoms with van der Waals surface area (Å²) in [6, 6.07) is 8.79. The summed E-state index contributed by atoms with van der Waals surface area (Å²) in [6.07, 6.45) is 0.769. The number of carboxylic acids is 1. The summed E-state index contributed by atoms with van der Waals surface area (Å²) in [6.45, 7) is 5.77. The average molecular weight is 233 g/mol. The maximum absolute atomic E-state index is 10.9. The van der Waals surface area contributed by atoms with Crippen molar-refractivity contribution >= 4 is 5.97 Å². The van der Waals surface area contributed by atoms with E-state index in [9.17, 15) is 4.79 Å². The number of carbonyl (C=O) groups is 1. The molecule has 0 spiro atoms. The first-order valence-electron chi connectivity index (χ1n) is 6.11. The van der Waals surface area contributed by atoms with Crippen molar-refractivity contribution in [2.24, 2.45) is 5.92 Å². The van der Waals surface area contributed by atoms with Gasteiger partial charge in [0.25, 0.3) is 0 Å². The molecule has 1 N–H and O–H groups in total. The Balaban J connectivity index is 2.04. The summed E-state index contributed by atoms with van der Waals surface area (Å²) in [5.41, 5.74) is 2.52. The van der Waals surface area contributed by atoms with Crippen molar-refractivity contribution in [3.63, 3.8) is 0 Å². The van der Waals surface area contributed by atoms with Crippen LogP contribution in [-0.2, 0) is 4.79 Å². The van der Waals surface area contributed by atoms with Crippen LogP contribution in [0.4, 0.5) is 0 Å². The lowest BCUT2D eigenvalue weighted by Crippen LogP contribution is -2.26. The van der Waals surface area contributed by atoms with E-state index in [1.807, 2.05) is 0 Å². The highest BCUT2D eigenvalue weighted by molar-refractivity contribution is 5.70. The number of rotatable bonds is 3. The van der Waals surface area contributed by atoms with E-state index >= 15 is 0 Å². The number of nitrogens with zero attached hydrogens (tertiary/aromatic N) is 1. The third-order valence-corrected chi connectivity index (χ3v) is 3.68. The van der Waals surface area contributed by atoms with Crippen LogP contribution < -0.4 is 0 Å². The Labute approximate surface area is 102 Å². The molecule has 1 aliphatic heterocycles. The molecule has 1 heterocycles. The second-order valence-electron chi connectivity index (χ2n) is 4.91. The molecule has 0 saturated carbocycles. The van der Waals surface area contributed by atoms with Gasteiger partial charge in [0.05, 0.1) is 5.92 Å². The van der Waals surface area contributed by atoms with Gasteiger partial charge in [0.1, 0.15) is 0 Å². The van der Waals surface area contributed by atoms with E-state index in [1.165, 1.54) is 11.1 Å². The van der Waals surface area contributed by atoms with Crippen molar-refractivity contribution in [2.45, 2.75) is 26.3 Å². The van der Waals surface area contributed by atoms with Gasteiger partial charge in [-0.05, 0) is 32.4 Å². The van der Waals surface area contributed by atoms with Gasteiger partial charge >= 0.3 is 5.97 Å². The number of hydrogen-bond donors (Lipinski definition) is 1. The van der Waals surface area contributed by atoms with Gasteiger partial charge in [0, 0.05) is 12.6 Å². The Morgan fingerprint density at radius 1 is 1.41 bits per heavy atom. The number of hydrogen-bond acceptors (Lipinski definition) is 2. The SMILES string of the molecule is Cc1ccc(C(C)N2CCC(C(=O)O)C2)cc1. The molecule has 1 saturated heterocycles. The van der Waals surface area contributed by atoms with Crippen LogP contribution in [0.3, 0.4) is 0 Å². The fourth-order valence-electron chi connectivity index (χ4n) is 2.40. The monoisotopic (exact) mass is 233 g/mol. The van der Waals surface area contributed by atoms with Crippen molar-refractivity contribution in [1.82, 2.24) is 4.90 Å². The van der Waals surface area contributed by atoms with Gasteiger partial charge in [-0.1, -0.05) is 29.8 Å². The second kappa shape index (κ2) is 4.88. The zero-order valence-electron chi connectivity index (χ0n) is 10.4. The summed E-state index contributed by atoms with van der Waals surface area (Å²) in [4.78, 5) is 13.2. The van der Waals surface area contributed by atoms with Crippen LogP contribution in [0.15, 0.2) is 24.3 Å². The minimum absolute atomic E-state index is 0.192. The molecule has 0 radical (unpaired) electrons. The molecule has 3 heteroatoms. The summed E-state index contributed by atoms with van der Waals surface area (Å²) in [5, 5.41) is 8.99. The molecule has 2 atom stereocenters. The lowest BCUT2D eigenvalue weighted by molar-refractivity contribution is -0.141. The van der Waals surface area contributed by atoms with Crippen molar-refractivity contribution in [2.75, 3.05) is 13.1 Å². The maximum Gasteiger partial charge on any atom is 0.307 e. The molecule has 0 bridgehead atoms. The third-order valence-electron chi connectivity index (χ3n) is 3.68. The van der Waals surface area contributed by atoms with Crippen LogP contribution in [-0.4, -0.2) is 29.1 Å². The standard InChI is InChI=1S/C14H19NO2/c1-10-3-5-12(6-4-10)11(2)15-8-7-13(9-15)14(16)17/h3-6,11,13H,7-9H2,1-2H3,(H,16,17). The first kappa shape index (κ1) is 12.1. The predicted molar refractivity (Wildman–Crippen MR) is 66.9 cm³/mol. The highest BCUT2D eigenvalue weighted by Crippen LogP contribution is 2.27. The molecule has 1 fully saturated rings.